The average Bonchev–Trinajstić information content (AvgIpc) is 3.40. The van der Waals surface area contributed by atoms with Gasteiger partial charge in [-0.15, -0.1) is 0 Å². The summed E-state index contributed by atoms with van der Waals surface area (Å²) in [5.41, 5.74) is 9.48. The molecule has 4 rings (SSSR count). The number of rotatable bonds is 11. The standard InChI is InChI=1S/C29H35Cl2N5O2/c1-18(2)14-25(29(37)38-21-6-3-4-7-21)33-15-19-10-12-20(13-11-19)26-17-34-27(32)28(36-26)35-16-22-23(30)8-5-9-24(22)31/h5,8-13,17-18,21,25,33H,3-4,6-7,14-16H2,1-2H3,(H2,32,34)(H,35,36). The predicted octanol–water partition coefficient (Wildman–Crippen LogP) is 6.63. The Balaban J connectivity index is 1.39. The normalized spacial score (nSPS) is 14.6. The molecule has 7 nitrogen and oxygen atoms in total. The number of nitrogens with one attached hydrogen (secondary N) is 2. The van der Waals surface area contributed by atoms with Gasteiger partial charge in [-0.3, -0.25) is 4.79 Å². The van der Waals surface area contributed by atoms with Gasteiger partial charge in [0.15, 0.2) is 11.6 Å². The maximum Gasteiger partial charge on any atom is 0.323 e. The van der Waals surface area contributed by atoms with Crippen molar-refractivity contribution in [3.8, 4) is 11.3 Å². The van der Waals surface area contributed by atoms with Gasteiger partial charge >= 0.3 is 5.97 Å². The van der Waals surface area contributed by atoms with E-state index in [1.54, 1.807) is 24.4 Å². The van der Waals surface area contributed by atoms with E-state index in [9.17, 15) is 4.79 Å². The molecular formula is C29H35Cl2N5O2. The van der Waals surface area contributed by atoms with Crippen molar-refractivity contribution >= 4 is 40.8 Å². The van der Waals surface area contributed by atoms with Crippen molar-refractivity contribution in [2.45, 2.75) is 71.2 Å². The van der Waals surface area contributed by atoms with Crippen LogP contribution in [0.15, 0.2) is 48.7 Å². The highest BCUT2D eigenvalue weighted by molar-refractivity contribution is 6.36. The molecule has 0 aliphatic heterocycles. The summed E-state index contributed by atoms with van der Waals surface area (Å²) < 4.78 is 5.77. The highest BCUT2D eigenvalue weighted by Crippen LogP contribution is 2.27. The van der Waals surface area contributed by atoms with E-state index in [4.69, 9.17) is 33.7 Å². The molecule has 38 heavy (non-hydrogen) atoms. The van der Waals surface area contributed by atoms with Gasteiger partial charge in [0.1, 0.15) is 12.1 Å². The third-order valence-electron chi connectivity index (χ3n) is 6.67. The van der Waals surface area contributed by atoms with Crippen LogP contribution in [0, 0.1) is 5.92 Å². The highest BCUT2D eigenvalue weighted by atomic mass is 35.5. The van der Waals surface area contributed by atoms with E-state index in [-0.39, 0.29) is 18.1 Å². The van der Waals surface area contributed by atoms with Crippen LogP contribution in [0.3, 0.4) is 0 Å². The monoisotopic (exact) mass is 555 g/mol. The third kappa shape index (κ3) is 7.59. The first-order valence-corrected chi connectivity index (χ1v) is 13.9. The fourth-order valence-electron chi connectivity index (χ4n) is 4.56. The van der Waals surface area contributed by atoms with Gasteiger partial charge in [-0.1, -0.05) is 67.4 Å². The number of hydrogen-bond acceptors (Lipinski definition) is 7. The van der Waals surface area contributed by atoms with E-state index in [0.717, 1.165) is 48.8 Å². The fraction of sp³-hybridized carbons (Fsp3) is 0.414. The lowest BCUT2D eigenvalue weighted by Gasteiger charge is -2.22. The summed E-state index contributed by atoms with van der Waals surface area (Å²) in [5.74, 6) is 0.990. The summed E-state index contributed by atoms with van der Waals surface area (Å²) in [4.78, 5) is 21.8. The summed E-state index contributed by atoms with van der Waals surface area (Å²) in [6, 6.07) is 13.1. The molecule has 0 amide bonds. The Morgan fingerprint density at radius 3 is 2.42 bits per heavy atom. The lowest BCUT2D eigenvalue weighted by molar-refractivity contribution is -0.151. The maximum atomic E-state index is 12.8. The lowest BCUT2D eigenvalue weighted by Crippen LogP contribution is -2.40. The van der Waals surface area contributed by atoms with Gasteiger partial charge in [-0.2, -0.15) is 0 Å². The maximum absolute atomic E-state index is 12.8. The molecule has 0 saturated heterocycles. The SMILES string of the molecule is CC(C)CC(NCc1ccc(-c2cnc(N)c(NCc3c(Cl)cccc3Cl)n2)cc1)C(=O)OC1CCCC1. The number of nitrogens with zero attached hydrogens (tertiary/aromatic N) is 2. The van der Waals surface area contributed by atoms with Crippen molar-refractivity contribution in [2.75, 3.05) is 11.1 Å². The molecular weight excluding hydrogens is 521 g/mol. The molecule has 202 valence electrons. The second kappa shape index (κ2) is 13.3. The number of benzene rings is 2. The number of ether oxygens (including phenoxy) is 1. The van der Waals surface area contributed by atoms with Crippen molar-refractivity contribution in [3.63, 3.8) is 0 Å². The quantitative estimate of drug-likeness (QED) is 0.228. The number of carbonyl (C=O) groups is 1. The molecule has 0 radical (unpaired) electrons. The van der Waals surface area contributed by atoms with Crippen molar-refractivity contribution < 1.29 is 9.53 Å². The summed E-state index contributed by atoms with van der Waals surface area (Å²) in [6.07, 6.45) is 6.67. The van der Waals surface area contributed by atoms with Gasteiger partial charge in [-0.25, -0.2) is 9.97 Å². The van der Waals surface area contributed by atoms with Gasteiger partial charge < -0.3 is 21.1 Å². The molecule has 1 atom stereocenters. The van der Waals surface area contributed by atoms with Crippen LogP contribution >= 0.6 is 23.2 Å². The van der Waals surface area contributed by atoms with E-state index in [1.807, 2.05) is 24.3 Å². The first kappa shape index (κ1) is 28.1. The topological polar surface area (TPSA) is 102 Å². The van der Waals surface area contributed by atoms with E-state index < -0.39 is 0 Å². The molecule has 1 unspecified atom stereocenters. The predicted molar refractivity (Wildman–Crippen MR) is 154 cm³/mol. The first-order valence-electron chi connectivity index (χ1n) is 13.1. The summed E-state index contributed by atoms with van der Waals surface area (Å²) in [7, 11) is 0. The molecule has 1 aliphatic carbocycles. The molecule has 1 saturated carbocycles. The number of nitrogens with two attached hydrogens (primary N) is 1. The molecule has 3 aromatic rings. The summed E-state index contributed by atoms with van der Waals surface area (Å²) >= 11 is 12.6. The zero-order valence-electron chi connectivity index (χ0n) is 21.8. The van der Waals surface area contributed by atoms with E-state index in [0.29, 0.717) is 46.4 Å². The minimum atomic E-state index is -0.321. The largest absolute Gasteiger partial charge is 0.461 e. The number of hydrogen-bond donors (Lipinski definition) is 3. The average molecular weight is 557 g/mol. The Morgan fingerprint density at radius 2 is 1.76 bits per heavy atom. The van der Waals surface area contributed by atoms with Gasteiger partial charge in [-0.05, 0) is 55.7 Å². The summed E-state index contributed by atoms with van der Waals surface area (Å²) in [5, 5.41) is 7.74. The number of nitrogen functional groups attached to an aromatic ring is 1. The molecule has 1 heterocycles. The smallest absolute Gasteiger partial charge is 0.323 e. The Labute approximate surface area is 234 Å². The zero-order valence-corrected chi connectivity index (χ0v) is 23.4. The van der Waals surface area contributed by atoms with Crippen molar-refractivity contribution in [1.29, 1.82) is 0 Å². The van der Waals surface area contributed by atoms with Crippen LogP contribution in [0.25, 0.3) is 11.3 Å². The van der Waals surface area contributed by atoms with Crippen LogP contribution in [-0.2, 0) is 22.6 Å². The molecule has 1 fully saturated rings. The van der Waals surface area contributed by atoms with Gasteiger partial charge in [0.05, 0.1) is 11.9 Å². The lowest BCUT2D eigenvalue weighted by atomic mass is 10.0. The highest BCUT2D eigenvalue weighted by Gasteiger charge is 2.26. The number of esters is 1. The minimum Gasteiger partial charge on any atom is -0.461 e. The zero-order chi connectivity index (χ0) is 27.1. The molecule has 1 aliphatic rings. The molecule has 0 bridgehead atoms. The molecule has 4 N–H and O–H groups in total. The van der Waals surface area contributed by atoms with Crippen molar-refractivity contribution in [2.24, 2.45) is 5.92 Å². The van der Waals surface area contributed by atoms with E-state index >= 15 is 0 Å². The molecule has 0 spiro atoms. The Bertz CT molecular complexity index is 1210. The van der Waals surface area contributed by atoms with Gasteiger partial charge in [0.2, 0.25) is 0 Å². The fourth-order valence-corrected chi connectivity index (χ4v) is 5.09. The van der Waals surface area contributed by atoms with Crippen LogP contribution in [-0.4, -0.2) is 28.1 Å². The van der Waals surface area contributed by atoms with Gasteiger partial charge in [0, 0.05) is 34.3 Å². The third-order valence-corrected chi connectivity index (χ3v) is 7.38. The van der Waals surface area contributed by atoms with E-state index in [2.05, 4.69) is 34.4 Å². The number of aromatic nitrogens is 2. The Morgan fingerprint density at radius 1 is 1.08 bits per heavy atom. The van der Waals surface area contributed by atoms with Crippen LogP contribution in [0.4, 0.5) is 11.6 Å². The molecule has 9 heteroatoms. The van der Waals surface area contributed by atoms with Crippen molar-refractivity contribution in [3.05, 3.63) is 69.8 Å². The first-order chi connectivity index (χ1) is 18.3. The number of anilines is 2. The second-order valence-electron chi connectivity index (χ2n) is 10.1. The molecule has 1 aromatic heterocycles. The van der Waals surface area contributed by atoms with Gasteiger partial charge in [0.25, 0.3) is 0 Å². The van der Waals surface area contributed by atoms with Crippen LogP contribution in [0.1, 0.15) is 57.1 Å². The van der Waals surface area contributed by atoms with Crippen LogP contribution in [0.5, 0.6) is 0 Å². The minimum absolute atomic E-state index is 0.0697. The van der Waals surface area contributed by atoms with E-state index in [1.165, 1.54) is 0 Å². The number of carbonyl (C=O) groups excluding carboxylic acids is 1. The second-order valence-corrected chi connectivity index (χ2v) is 11.0. The Hall–Kier alpha value is -2.87. The summed E-state index contributed by atoms with van der Waals surface area (Å²) in [6.45, 7) is 5.17. The van der Waals surface area contributed by atoms with Crippen molar-refractivity contribution in [1.82, 2.24) is 15.3 Å². The van der Waals surface area contributed by atoms with Crippen LogP contribution in [0.2, 0.25) is 10.0 Å². The Kier molecular flexibility index (Phi) is 9.83. The van der Waals surface area contributed by atoms with Crippen LogP contribution < -0.4 is 16.4 Å². The molecule has 2 aromatic carbocycles. The number of halogens is 2.